The minimum Gasteiger partial charge on any atom is -0.330 e. The second kappa shape index (κ2) is 6.83. The number of rotatable bonds is 6. The lowest BCUT2D eigenvalue weighted by atomic mass is 10.0. The van der Waals surface area contributed by atoms with Crippen LogP contribution in [0.4, 0.5) is 0 Å². The van der Waals surface area contributed by atoms with E-state index in [-0.39, 0.29) is 0 Å². The third-order valence-electron chi connectivity index (χ3n) is 2.43. The molecular formula is C12H19ClN2. The zero-order chi connectivity index (χ0) is 11.1. The van der Waals surface area contributed by atoms with Gasteiger partial charge in [-0.3, -0.25) is 0 Å². The van der Waals surface area contributed by atoms with Crippen molar-refractivity contribution in [2.75, 3.05) is 13.1 Å². The van der Waals surface area contributed by atoms with Gasteiger partial charge in [-0.1, -0.05) is 30.7 Å². The first kappa shape index (κ1) is 12.5. The lowest BCUT2D eigenvalue weighted by molar-refractivity contribution is 0.513. The Morgan fingerprint density at radius 3 is 2.87 bits per heavy atom. The quantitative estimate of drug-likeness (QED) is 0.732. The topological polar surface area (TPSA) is 38.0 Å². The zero-order valence-corrected chi connectivity index (χ0v) is 9.93. The van der Waals surface area contributed by atoms with Crippen molar-refractivity contribution in [3.8, 4) is 0 Å². The highest BCUT2D eigenvalue weighted by Crippen LogP contribution is 2.19. The maximum Gasteiger partial charge on any atom is 0.0409 e. The van der Waals surface area contributed by atoms with E-state index in [1.54, 1.807) is 0 Å². The summed E-state index contributed by atoms with van der Waals surface area (Å²) in [6.07, 6.45) is 2.07. The molecule has 0 saturated carbocycles. The van der Waals surface area contributed by atoms with E-state index in [1.165, 1.54) is 5.56 Å². The zero-order valence-electron chi connectivity index (χ0n) is 9.17. The molecule has 0 radical (unpaired) electrons. The molecule has 0 saturated heterocycles. The molecule has 1 aromatic rings. The molecule has 1 unspecified atom stereocenters. The number of hydrogen-bond acceptors (Lipinski definition) is 2. The van der Waals surface area contributed by atoms with Gasteiger partial charge in [0.25, 0.3) is 0 Å². The van der Waals surface area contributed by atoms with Gasteiger partial charge in [0.2, 0.25) is 0 Å². The fraction of sp³-hybridized carbons (Fsp3) is 0.500. The number of hydrogen-bond donors (Lipinski definition) is 2. The predicted octanol–water partition coefficient (Wildman–Crippen LogP) is 2.73. The standard InChI is InChI=1S/C12H19ClN2/c1-2-12(15-8-4-7-14)10-5-3-6-11(13)9-10/h3,5-6,9,12,15H,2,4,7-8,14H2,1H3. The minimum atomic E-state index is 0.384. The maximum atomic E-state index is 5.96. The fourth-order valence-electron chi connectivity index (χ4n) is 1.60. The van der Waals surface area contributed by atoms with Crippen molar-refractivity contribution in [2.24, 2.45) is 5.73 Å². The molecule has 2 nitrogen and oxygen atoms in total. The van der Waals surface area contributed by atoms with Gasteiger partial charge in [0.15, 0.2) is 0 Å². The third-order valence-corrected chi connectivity index (χ3v) is 2.67. The van der Waals surface area contributed by atoms with E-state index in [1.807, 2.05) is 18.2 Å². The first-order valence-corrected chi connectivity index (χ1v) is 5.84. The van der Waals surface area contributed by atoms with Gasteiger partial charge in [-0.05, 0) is 43.6 Å². The highest BCUT2D eigenvalue weighted by molar-refractivity contribution is 6.30. The van der Waals surface area contributed by atoms with E-state index in [4.69, 9.17) is 17.3 Å². The summed E-state index contributed by atoms with van der Waals surface area (Å²) in [7, 11) is 0. The third kappa shape index (κ3) is 4.20. The van der Waals surface area contributed by atoms with Gasteiger partial charge in [-0.2, -0.15) is 0 Å². The van der Waals surface area contributed by atoms with Crippen LogP contribution in [-0.4, -0.2) is 13.1 Å². The SMILES string of the molecule is CCC(NCCCN)c1cccc(Cl)c1. The van der Waals surface area contributed by atoms with Crippen LogP contribution in [0, 0.1) is 0 Å². The number of halogens is 1. The average Bonchev–Trinajstić information content (AvgIpc) is 2.24. The van der Waals surface area contributed by atoms with Crippen LogP contribution in [0.25, 0.3) is 0 Å². The first-order chi connectivity index (χ1) is 7.27. The minimum absolute atomic E-state index is 0.384. The summed E-state index contributed by atoms with van der Waals surface area (Å²) in [6.45, 7) is 3.86. The average molecular weight is 227 g/mol. The smallest absolute Gasteiger partial charge is 0.0409 e. The van der Waals surface area contributed by atoms with Crippen LogP contribution in [0.2, 0.25) is 5.02 Å². The highest BCUT2D eigenvalue weighted by Gasteiger charge is 2.07. The fourth-order valence-corrected chi connectivity index (χ4v) is 1.80. The Balaban J connectivity index is 2.57. The molecule has 1 atom stereocenters. The summed E-state index contributed by atoms with van der Waals surface area (Å²) in [5, 5.41) is 4.27. The van der Waals surface area contributed by atoms with Crippen LogP contribution in [0.1, 0.15) is 31.4 Å². The Morgan fingerprint density at radius 2 is 2.27 bits per heavy atom. The van der Waals surface area contributed by atoms with Gasteiger partial charge < -0.3 is 11.1 Å². The number of benzene rings is 1. The monoisotopic (exact) mass is 226 g/mol. The van der Waals surface area contributed by atoms with E-state index < -0.39 is 0 Å². The predicted molar refractivity (Wildman–Crippen MR) is 66.2 cm³/mol. The van der Waals surface area contributed by atoms with Crippen LogP contribution in [0.15, 0.2) is 24.3 Å². The van der Waals surface area contributed by atoms with Gasteiger partial charge in [-0.25, -0.2) is 0 Å². The molecule has 0 fully saturated rings. The second-order valence-corrected chi connectivity index (χ2v) is 4.05. The molecular weight excluding hydrogens is 208 g/mol. The van der Waals surface area contributed by atoms with Crippen molar-refractivity contribution in [3.63, 3.8) is 0 Å². The van der Waals surface area contributed by atoms with Crippen molar-refractivity contribution < 1.29 is 0 Å². The van der Waals surface area contributed by atoms with E-state index >= 15 is 0 Å². The molecule has 0 bridgehead atoms. The molecule has 3 heteroatoms. The molecule has 0 aromatic heterocycles. The summed E-state index contributed by atoms with van der Waals surface area (Å²) < 4.78 is 0. The molecule has 0 aliphatic rings. The maximum absolute atomic E-state index is 5.96. The molecule has 0 aliphatic carbocycles. The molecule has 3 N–H and O–H groups in total. The van der Waals surface area contributed by atoms with E-state index in [0.29, 0.717) is 6.04 Å². The van der Waals surface area contributed by atoms with Gasteiger partial charge in [0.1, 0.15) is 0 Å². The highest BCUT2D eigenvalue weighted by atomic mass is 35.5. The van der Waals surface area contributed by atoms with Gasteiger partial charge in [0, 0.05) is 11.1 Å². The van der Waals surface area contributed by atoms with Crippen LogP contribution < -0.4 is 11.1 Å². The Morgan fingerprint density at radius 1 is 1.47 bits per heavy atom. The molecule has 1 aromatic carbocycles. The normalized spacial score (nSPS) is 12.7. The van der Waals surface area contributed by atoms with Crippen LogP contribution >= 0.6 is 11.6 Å². The summed E-state index contributed by atoms with van der Waals surface area (Å²) >= 11 is 5.96. The lowest BCUT2D eigenvalue weighted by Crippen LogP contribution is -2.23. The molecule has 1 rings (SSSR count). The summed E-state index contributed by atoms with van der Waals surface area (Å²) in [6, 6.07) is 8.40. The van der Waals surface area contributed by atoms with Crippen LogP contribution in [-0.2, 0) is 0 Å². The summed E-state index contributed by atoms with van der Waals surface area (Å²) in [4.78, 5) is 0. The second-order valence-electron chi connectivity index (χ2n) is 3.61. The van der Waals surface area contributed by atoms with Gasteiger partial charge in [-0.15, -0.1) is 0 Å². The molecule has 0 heterocycles. The Labute approximate surface area is 96.8 Å². The van der Waals surface area contributed by atoms with Gasteiger partial charge >= 0.3 is 0 Å². The van der Waals surface area contributed by atoms with Crippen molar-refractivity contribution >= 4 is 11.6 Å². The van der Waals surface area contributed by atoms with Gasteiger partial charge in [0.05, 0.1) is 0 Å². The van der Waals surface area contributed by atoms with Crippen molar-refractivity contribution in [1.29, 1.82) is 0 Å². The van der Waals surface area contributed by atoms with Crippen molar-refractivity contribution in [2.45, 2.75) is 25.8 Å². The van der Waals surface area contributed by atoms with E-state index in [2.05, 4.69) is 18.3 Å². The van der Waals surface area contributed by atoms with E-state index in [9.17, 15) is 0 Å². The van der Waals surface area contributed by atoms with Crippen LogP contribution in [0.5, 0.6) is 0 Å². The van der Waals surface area contributed by atoms with Crippen molar-refractivity contribution in [1.82, 2.24) is 5.32 Å². The Bertz CT molecular complexity index is 289. The summed E-state index contributed by atoms with van der Waals surface area (Å²) in [5.41, 5.74) is 6.71. The Kier molecular flexibility index (Phi) is 5.69. The summed E-state index contributed by atoms with van der Waals surface area (Å²) in [5.74, 6) is 0. The number of nitrogens with two attached hydrogens (primary N) is 1. The number of nitrogens with one attached hydrogen (secondary N) is 1. The molecule has 15 heavy (non-hydrogen) atoms. The first-order valence-electron chi connectivity index (χ1n) is 5.46. The Hall–Kier alpha value is -0.570. The van der Waals surface area contributed by atoms with Crippen molar-refractivity contribution in [3.05, 3.63) is 34.9 Å². The molecule has 0 aliphatic heterocycles. The molecule has 84 valence electrons. The molecule has 0 spiro atoms. The lowest BCUT2D eigenvalue weighted by Gasteiger charge is -2.17. The van der Waals surface area contributed by atoms with E-state index in [0.717, 1.165) is 31.0 Å². The largest absolute Gasteiger partial charge is 0.330 e. The van der Waals surface area contributed by atoms with Crippen LogP contribution in [0.3, 0.4) is 0 Å². The molecule has 0 amide bonds.